The van der Waals surface area contributed by atoms with Gasteiger partial charge in [-0.05, 0) is 42.9 Å². The quantitative estimate of drug-likeness (QED) is 0.716. The third-order valence-corrected chi connectivity index (χ3v) is 4.76. The molecular weight excluding hydrogens is 362 g/mol. The number of rotatable bonds is 8. The van der Waals surface area contributed by atoms with Crippen LogP contribution in [0.5, 0.6) is 0 Å². The molecule has 5 nitrogen and oxygen atoms in total. The van der Waals surface area contributed by atoms with Gasteiger partial charge in [0.25, 0.3) is 5.91 Å². The number of halogens is 1. The van der Waals surface area contributed by atoms with Gasteiger partial charge >= 0.3 is 0 Å². The highest BCUT2D eigenvalue weighted by molar-refractivity contribution is 6.31. The number of nitrogens with one attached hydrogen (secondary N) is 2. The van der Waals surface area contributed by atoms with Gasteiger partial charge in [-0.1, -0.05) is 49.7 Å². The van der Waals surface area contributed by atoms with Crippen LogP contribution in [-0.2, 0) is 4.79 Å². The second-order valence-corrected chi connectivity index (χ2v) is 6.64. The van der Waals surface area contributed by atoms with Crippen LogP contribution in [0.2, 0.25) is 5.02 Å². The summed E-state index contributed by atoms with van der Waals surface area (Å²) in [6, 6.07) is 14.6. The molecule has 2 aromatic carbocycles. The molecule has 0 fully saturated rings. The van der Waals surface area contributed by atoms with Crippen molar-refractivity contribution in [3.63, 3.8) is 0 Å². The average Bonchev–Trinajstić information content (AvgIpc) is 2.65. The van der Waals surface area contributed by atoms with Crippen molar-refractivity contribution < 1.29 is 9.59 Å². The first kappa shape index (κ1) is 20.9. The lowest BCUT2D eigenvalue weighted by Gasteiger charge is -2.31. The minimum atomic E-state index is -0.189. The van der Waals surface area contributed by atoms with Gasteiger partial charge in [0, 0.05) is 29.7 Å². The molecule has 27 heavy (non-hydrogen) atoms. The number of hydrogen-bond donors (Lipinski definition) is 2. The summed E-state index contributed by atoms with van der Waals surface area (Å²) < 4.78 is 0. The van der Waals surface area contributed by atoms with Gasteiger partial charge in [0.1, 0.15) is 0 Å². The summed E-state index contributed by atoms with van der Waals surface area (Å²) >= 11 is 6.40. The molecule has 0 heterocycles. The molecule has 1 atom stereocenters. The molecule has 144 valence electrons. The molecule has 0 aromatic heterocycles. The molecule has 0 saturated carbocycles. The van der Waals surface area contributed by atoms with E-state index in [1.165, 1.54) is 6.92 Å². The summed E-state index contributed by atoms with van der Waals surface area (Å²) in [6.07, 6.45) is 0. The summed E-state index contributed by atoms with van der Waals surface area (Å²) in [7, 11) is 0. The van der Waals surface area contributed by atoms with Crippen LogP contribution in [0.25, 0.3) is 0 Å². The van der Waals surface area contributed by atoms with Crippen molar-refractivity contribution in [1.29, 1.82) is 0 Å². The van der Waals surface area contributed by atoms with Crippen molar-refractivity contribution in [2.24, 2.45) is 0 Å². The maximum atomic E-state index is 12.6. The lowest BCUT2D eigenvalue weighted by atomic mass is 10.0. The van der Waals surface area contributed by atoms with E-state index >= 15 is 0 Å². The summed E-state index contributed by atoms with van der Waals surface area (Å²) in [6.45, 7) is 7.75. The van der Waals surface area contributed by atoms with Gasteiger partial charge in [-0.15, -0.1) is 0 Å². The van der Waals surface area contributed by atoms with Crippen molar-refractivity contribution >= 4 is 29.1 Å². The largest absolute Gasteiger partial charge is 0.350 e. The zero-order valence-electron chi connectivity index (χ0n) is 16.0. The molecule has 2 amide bonds. The Morgan fingerprint density at radius 3 is 2.41 bits per heavy atom. The zero-order chi connectivity index (χ0) is 19.8. The zero-order valence-corrected chi connectivity index (χ0v) is 16.7. The molecule has 0 saturated heterocycles. The summed E-state index contributed by atoms with van der Waals surface area (Å²) in [4.78, 5) is 26.1. The standard InChI is InChI=1S/C21H26ClN3O2/c1-4-25(5-2)20(18-11-6-7-12-19(18)22)14-23-21(27)16-9-8-10-17(13-16)24-15(3)26/h6-13,20H,4-5,14H2,1-3H3,(H,23,27)(H,24,26). The van der Waals surface area contributed by atoms with Gasteiger partial charge < -0.3 is 10.6 Å². The van der Waals surface area contributed by atoms with Crippen LogP contribution in [-0.4, -0.2) is 36.3 Å². The molecule has 0 radical (unpaired) electrons. The highest BCUT2D eigenvalue weighted by Gasteiger charge is 2.21. The molecule has 0 aliphatic rings. The number of anilines is 1. The maximum absolute atomic E-state index is 12.6. The van der Waals surface area contributed by atoms with E-state index in [1.807, 2.05) is 24.3 Å². The smallest absolute Gasteiger partial charge is 0.251 e. The molecule has 6 heteroatoms. The molecule has 0 spiro atoms. The second-order valence-electron chi connectivity index (χ2n) is 6.23. The number of benzene rings is 2. The van der Waals surface area contributed by atoms with E-state index in [2.05, 4.69) is 29.4 Å². The Hall–Kier alpha value is -2.37. The molecular formula is C21H26ClN3O2. The first-order valence-corrected chi connectivity index (χ1v) is 9.48. The van der Waals surface area contributed by atoms with Gasteiger partial charge in [0.15, 0.2) is 0 Å². The lowest BCUT2D eigenvalue weighted by Crippen LogP contribution is -2.38. The molecule has 2 aromatic rings. The fourth-order valence-electron chi connectivity index (χ4n) is 3.08. The van der Waals surface area contributed by atoms with Gasteiger partial charge in [-0.25, -0.2) is 0 Å². The van der Waals surface area contributed by atoms with Crippen LogP contribution in [0.15, 0.2) is 48.5 Å². The average molecular weight is 388 g/mol. The van der Waals surface area contributed by atoms with Gasteiger partial charge in [0.2, 0.25) is 5.91 Å². The van der Waals surface area contributed by atoms with Crippen LogP contribution in [0.3, 0.4) is 0 Å². The van der Waals surface area contributed by atoms with E-state index in [-0.39, 0.29) is 17.9 Å². The van der Waals surface area contributed by atoms with E-state index in [0.29, 0.717) is 22.8 Å². The molecule has 0 bridgehead atoms. The van der Waals surface area contributed by atoms with Crippen LogP contribution in [0.1, 0.15) is 42.7 Å². The third-order valence-electron chi connectivity index (χ3n) is 4.42. The SMILES string of the molecule is CCN(CC)C(CNC(=O)c1cccc(NC(C)=O)c1)c1ccccc1Cl. The van der Waals surface area contributed by atoms with Gasteiger partial charge in [-0.3, -0.25) is 14.5 Å². The summed E-state index contributed by atoms with van der Waals surface area (Å²) in [5.74, 6) is -0.362. The van der Waals surface area contributed by atoms with Crippen molar-refractivity contribution in [2.45, 2.75) is 26.8 Å². The van der Waals surface area contributed by atoms with E-state index in [4.69, 9.17) is 11.6 Å². The number of likely N-dealkylation sites (N-methyl/N-ethyl adjacent to an activating group) is 1. The molecule has 0 aliphatic heterocycles. The van der Waals surface area contributed by atoms with Gasteiger partial charge in [0.05, 0.1) is 6.04 Å². The summed E-state index contributed by atoms with van der Waals surface area (Å²) in [5.41, 5.74) is 2.09. The van der Waals surface area contributed by atoms with Crippen LogP contribution < -0.4 is 10.6 Å². The van der Waals surface area contributed by atoms with Crippen LogP contribution >= 0.6 is 11.6 Å². The van der Waals surface area contributed by atoms with E-state index in [9.17, 15) is 9.59 Å². The fraction of sp³-hybridized carbons (Fsp3) is 0.333. The molecule has 1 unspecified atom stereocenters. The number of carbonyl (C=O) groups is 2. The second kappa shape index (κ2) is 10.1. The Bertz CT molecular complexity index is 791. The van der Waals surface area contributed by atoms with Crippen molar-refractivity contribution in [3.8, 4) is 0 Å². The highest BCUT2D eigenvalue weighted by Crippen LogP contribution is 2.27. The number of hydrogen-bond acceptors (Lipinski definition) is 3. The van der Waals surface area contributed by atoms with E-state index < -0.39 is 0 Å². The van der Waals surface area contributed by atoms with E-state index in [0.717, 1.165) is 18.7 Å². The lowest BCUT2D eigenvalue weighted by molar-refractivity contribution is -0.114. The van der Waals surface area contributed by atoms with Crippen molar-refractivity contribution in [3.05, 3.63) is 64.7 Å². The number of nitrogens with zero attached hydrogens (tertiary/aromatic N) is 1. The predicted molar refractivity (Wildman–Crippen MR) is 110 cm³/mol. The first-order chi connectivity index (χ1) is 13.0. The Balaban J connectivity index is 2.16. The maximum Gasteiger partial charge on any atom is 0.251 e. The monoisotopic (exact) mass is 387 g/mol. The Labute approximate surface area is 165 Å². The Morgan fingerprint density at radius 1 is 1.07 bits per heavy atom. The third kappa shape index (κ3) is 5.81. The first-order valence-electron chi connectivity index (χ1n) is 9.10. The Morgan fingerprint density at radius 2 is 1.78 bits per heavy atom. The molecule has 2 rings (SSSR count). The minimum absolute atomic E-state index is 0.0174. The van der Waals surface area contributed by atoms with Crippen LogP contribution in [0, 0.1) is 0 Å². The topological polar surface area (TPSA) is 61.4 Å². The van der Waals surface area contributed by atoms with E-state index in [1.54, 1.807) is 24.3 Å². The van der Waals surface area contributed by atoms with Crippen LogP contribution in [0.4, 0.5) is 5.69 Å². The predicted octanol–water partition coefficient (Wildman–Crippen LogP) is 4.11. The van der Waals surface area contributed by atoms with Crippen molar-refractivity contribution in [1.82, 2.24) is 10.2 Å². The fourth-order valence-corrected chi connectivity index (χ4v) is 3.34. The highest BCUT2D eigenvalue weighted by atomic mass is 35.5. The summed E-state index contributed by atoms with van der Waals surface area (Å²) in [5, 5.41) is 6.38. The normalized spacial score (nSPS) is 11.9. The van der Waals surface area contributed by atoms with Gasteiger partial charge in [-0.2, -0.15) is 0 Å². The van der Waals surface area contributed by atoms with Crippen molar-refractivity contribution in [2.75, 3.05) is 25.0 Å². The number of amides is 2. The molecule has 0 aliphatic carbocycles. The Kier molecular flexibility index (Phi) is 7.82. The molecule has 2 N–H and O–H groups in total. The number of carbonyl (C=O) groups excluding carboxylic acids is 2. The minimum Gasteiger partial charge on any atom is -0.350 e.